The van der Waals surface area contributed by atoms with Crippen LogP contribution in [-0.2, 0) is 17.9 Å². The van der Waals surface area contributed by atoms with Crippen molar-refractivity contribution in [2.24, 2.45) is 0 Å². The van der Waals surface area contributed by atoms with Crippen molar-refractivity contribution < 1.29 is 4.79 Å². The number of nitrogens with one attached hydrogen (secondary N) is 1. The molecule has 0 fully saturated rings. The molecular formula is C19H22ClN5O. The fraction of sp³-hybridized carbons (Fsp3) is 0.316. The van der Waals surface area contributed by atoms with Crippen molar-refractivity contribution >= 4 is 23.3 Å². The largest absolute Gasteiger partial charge is 0.309 e. The van der Waals surface area contributed by atoms with Gasteiger partial charge < -0.3 is 5.32 Å². The summed E-state index contributed by atoms with van der Waals surface area (Å²) in [6.07, 6.45) is 2.17. The summed E-state index contributed by atoms with van der Waals surface area (Å²) in [5, 5.41) is 12.2. The summed E-state index contributed by atoms with van der Waals surface area (Å²) in [6.45, 7) is 6.96. The van der Waals surface area contributed by atoms with Crippen molar-refractivity contribution in [1.29, 1.82) is 0 Å². The van der Waals surface area contributed by atoms with E-state index in [9.17, 15) is 4.79 Å². The van der Waals surface area contributed by atoms with Gasteiger partial charge in [-0.2, -0.15) is 10.2 Å². The first-order chi connectivity index (χ1) is 12.4. The molecule has 3 aromatic rings. The number of aryl methyl sites for hydroxylation is 3. The van der Waals surface area contributed by atoms with Crippen LogP contribution in [0.2, 0.25) is 5.02 Å². The quantitative estimate of drug-likeness (QED) is 0.717. The maximum Gasteiger partial charge on any atom is 0.227 e. The molecule has 136 valence electrons. The zero-order chi connectivity index (χ0) is 18.7. The van der Waals surface area contributed by atoms with Crippen LogP contribution in [-0.4, -0.2) is 25.5 Å². The summed E-state index contributed by atoms with van der Waals surface area (Å²) >= 11 is 6.12. The normalized spacial score (nSPS) is 10.9. The van der Waals surface area contributed by atoms with Gasteiger partial charge in [0.15, 0.2) is 5.82 Å². The summed E-state index contributed by atoms with van der Waals surface area (Å²) in [7, 11) is 0. The van der Waals surface area contributed by atoms with E-state index < -0.39 is 0 Å². The average Bonchev–Trinajstić information content (AvgIpc) is 3.15. The minimum absolute atomic E-state index is 0.103. The van der Waals surface area contributed by atoms with E-state index in [1.807, 2.05) is 20.0 Å². The van der Waals surface area contributed by atoms with Crippen LogP contribution in [0.25, 0.3) is 0 Å². The number of nitrogens with zero attached hydrogens (tertiary/aromatic N) is 4. The van der Waals surface area contributed by atoms with Gasteiger partial charge in [0.1, 0.15) is 0 Å². The van der Waals surface area contributed by atoms with E-state index in [2.05, 4.69) is 46.7 Å². The number of aromatic nitrogens is 4. The smallest absolute Gasteiger partial charge is 0.227 e. The maximum atomic E-state index is 12.2. The molecule has 26 heavy (non-hydrogen) atoms. The van der Waals surface area contributed by atoms with Gasteiger partial charge in [0, 0.05) is 18.7 Å². The Morgan fingerprint density at radius 1 is 1.12 bits per heavy atom. The second kappa shape index (κ2) is 7.74. The highest BCUT2D eigenvalue weighted by Gasteiger charge is 2.11. The van der Waals surface area contributed by atoms with Gasteiger partial charge in [0.25, 0.3) is 0 Å². The summed E-state index contributed by atoms with van der Waals surface area (Å²) in [4.78, 5) is 12.2. The summed E-state index contributed by atoms with van der Waals surface area (Å²) < 4.78 is 3.56. The zero-order valence-electron chi connectivity index (χ0n) is 15.2. The van der Waals surface area contributed by atoms with E-state index in [1.165, 1.54) is 5.56 Å². The van der Waals surface area contributed by atoms with Gasteiger partial charge in [-0.3, -0.25) is 14.2 Å². The molecule has 1 N–H and O–H groups in total. The highest BCUT2D eigenvalue weighted by molar-refractivity contribution is 6.31. The Balaban J connectivity index is 1.54. The number of halogens is 1. The Kier molecular flexibility index (Phi) is 5.42. The maximum absolute atomic E-state index is 12.2. The number of hydrogen-bond donors (Lipinski definition) is 1. The third-order valence-electron chi connectivity index (χ3n) is 4.22. The molecule has 0 aliphatic heterocycles. The van der Waals surface area contributed by atoms with E-state index in [-0.39, 0.29) is 5.91 Å². The Labute approximate surface area is 157 Å². The lowest BCUT2D eigenvalue weighted by molar-refractivity contribution is -0.116. The van der Waals surface area contributed by atoms with E-state index in [0.29, 0.717) is 30.4 Å². The Morgan fingerprint density at radius 3 is 2.50 bits per heavy atom. The molecule has 0 aliphatic carbocycles. The van der Waals surface area contributed by atoms with Crippen molar-refractivity contribution in [3.63, 3.8) is 0 Å². The Bertz CT molecular complexity index is 911. The molecule has 0 aliphatic rings. The number of anilines is 1. The second-order valence-electron chi connectivity index (χ2n) is 6.39. The molecule has 0 unspecified atom stereocenters. The molecule has 2 aromatic heterocycles. The molecule has 0 saturated carbocycles. The van der Waals surface area contributed by atoms with Crippen LogP contribution in [0.5, 0.6) is 0 Å². The molecule has 6 nitrogen and oxygen atoms in total. The molecule has 0 saturated heterocycles. The number of amides is 1. The van der Waals surface area contributed by atoms with Crippen molar-refractivity contribution in [2.75, 3.05) is 5.32 Å². The average molecular weight is 372 g/mol. The summed E-state index contributed by atoms with van der Waals surface area (Å²) in [5.41, 5.74) is 4.04. The SMILES string of the molecule is Cc1ccc(Cn2ccc(NC(=O)CCn3nc(C)c(Cl)c3C)n2)cc1. The standard InChI is InChI=1S/C19H22ClN5O/c1-13-4-6-16(7-5-13)12-24-10-8-17(23-24)21-18(26)9-11-25-15(3)19(20)14(2)22-25/h4-8,10H,9,11-12H2,1-3H3,(H,21,23,26). The summed E-state index contributed by atoms with van der Waals surface area (Å²) in [6, 6.07) is 10.1. The van der Waals surface area contributed by atoms with E-state index >= 15 is 0 Å². The van der Waals surface area contributed by atoms with Crippen LogP contribution in [0.3, 0.4) is 0 Å². The fourth-order valence-electron chi connectivity index (χ4n) is 2.70. The van der Waals surface area contributed by atoms with Crippen LogP contribution in [0.1, 0.15) is 28.9 Å². The van der Waals surface area contributed by atoms with Crippen LogP contribution in [0.4, 0.5) is 5.82 Å². The molecule has 2 heterocycles. The van der Waals surface area contributed by atoms with Crippen molar-refractivity contribution in [2.45, 2.75) is 40.3 Å². The molecule has 0 radical (unpaired) electrons. The Morgan fingerprint density at radius 2 is 1.85 bits per heavy atom. The number of benzene rings is 1. The first-order valence-corrected chi connectivity index (χ1v) is 8.88. The third-order valence-corrected chi connectivity index (χ3v) is 4.76. The van der Waals surface area contributed by atoms with E-state index in [0.717, 1.165) is 17.0 Å². The number of carbonyl (C=O) groups excluding carboxylic acids is 1. The number of carbonyl (C=O) groups is 1. The van der Waals surface area contributed by atoms with Crippen LogP contribution < -0.4 is 5.32 Å². The first kappa shape index (κ1) is 18.2. The highest BCUT2D eigenvalue weighted by atomic mass is 35.5. The van der Waals surface area contributed by atoms with Gasteiger partial charge in [-0.1, -0.05) is 41.4 Å². The lowest BCUT2D eigenvalue weighted by Gasteiger charge is -2.05. The van der Waals surface area contributed by atoms with Gasteiger partial charge in [0.05, 0.1) is 29.5 Å². The van der Waals surface area contributed by atoms with Crippen LogP contribution in [0, 0.1) is 20.8 Å². The van der Waals surface area contributed by atoms with Gasteiger partial charge in [0.2, 0.25) is 5.91 Å². The fourth-order valence-corrected chi connectivity index (χ4v) is 2.84. The monoisotopic (exact) mass is 371 g/mol. The van der Waals surface area contributed by atoms with Gasteiger partial charge in [-0.15, -0.1) is 0 Å². The highest BCUT2D eigenvalue weighted by Crippen LogP contribution is 2.19. The number of rotatable bonds is 6. The Hall–Kier alpha value is -2.60. The van der Waals surface area contributed by atoms with Crippen LogP contribution in [0.15, 0.2) is 36.5 Å². The minimum Gasteiger partial charge on any atom is -0.309 e. The molecule has 7 heteroatoms. The molecule has 0 spiro atoms. The molecule has 0 atom stereocenters. The van der Waals surface area contributed by atoms with Crippen molar-refractivity contribution in [3.8, 4) is 0 Å². The summed E-state index contributed by atoms with van der Waals surface area (Å²) in [5.74, 6) is 0.447. The van der Waals surface area contributed by atoms with E-state index in [4.69, 9.17) is 11.6 Å². The predicted molar refractivity (Wildman–Crippen MR) is 102 cm³/mol. The first-order valence-electron chi connectivity index (χ1n) is 8.51. The topological polar surface area (TPSA) is 64.7 Å². The predicted octanol–water partition coefficient (Wildman–Crippen LogP) is 3.74. The molecule has 1 aromatic carbocycles. The van der Waals surface area contributed by atoms with Gasteiger partial charge >= 0.3 is 0 Å². The third kappa shape index (κ3) is 4.32. The van der Waals surface area contributed by atoms with Gasteiger partial charge in [-0.25, -0.2) is 0 Å². The second-order valence-corrected chi connectivity index (χ2v) is 6.77. The zero-order valence-corrected chi connectivity index (χ0v) is 15.9. The van der Waals surface area contributed by atoms with E-state index in [1.54, 1.807) is 15.4 Å². The molecule has 3 rings (SSSR count). The van der Waals surface area contributed by atoms with Gasteiger partial charge in [-0.05, 0) is 26.3 Å². The van der Waals surface area contributed by atoms with Crippen LogP contribution >= 0.6 is 11.6 Å². The minimum atomic E-state index is -0.103. The number of hydrogen-bond acceptors (Lipinski definition) is 3. The molecule has 1 amide bonds. The lowest BCUT2D eigenvalue weighted by Crippen LogP contribution is -2.16. The molecule has 0 bridgehead atoms. The molecular weight excluding hydrogens is 350 g/mol. The lowest BCUT2D eigenvalue weighted by atomic mass is 10.1. The van der Waals surface area contributed by atoms with Crippen molar-refractivity contribution in [1.82, 2.24) is 19.6 Å². The van der Waals surface area contributed by atoms with Crippen molar-refractivity contribution in [3.05, 3.63) is 64.1 Å².